The molecule has 0 unspecified atom stereocenters. The van der Waals surface area contributed by atoms with E-state index in [2.05, 4.69) is 18.0 Å². The van der Waals surface area contributed by atoms with E-state index < -0.39 is 24.1 Å². The Morgan fingerprint density at radius 1 is 1.10 bits per heavy atom. The van der Waals surface area contributed by atoms with Gasteiger partial charge in [-0.2, -0.15) is 8.42 Å². The third-order valence-corrected chi connectivity index (χ3v) is 4.10. The molecular formula is C12H21O6PS. The molecule has 116 valence electrons. The van der Waals surface area contributed by atoms with Gasteiger partial charge in [-0.05, 0) is 19.1 Å². The van der Waals surface area contributed by atoms with Gasteiger partial charge in [-0.15, -0.1) is 0 Å². The van der Waals surface area contributed by atoms with E-state index in [1.807, 2.05) is 0 Å². The molecule has 0 aliphatic carbocycles. The van der Waals surface area contributed by atoms with Crippen molar-refractivity contribution in [2.75, 3.05) is 6.35 Å². The van der Waals surface area contributed by atoms with E-state index in [9.17, 15) is 13.0 Å². The second-order valence-electron chi connectivity index (χ2n) is 4.18. The van der Waals surface area contributed by atoms with Crippen molar-refractivity contribution >= 4 is 17.7 Å². The zero-order valence-electron chi connectivity index (χ0n) is 11.8. The van der Waals surface area contributed by atoms with Gasteiger partial charge in [0.25, 0.3) is 10.1 Å². The van der Waals surface area contributed by atoms with Crippen LogP contribution in [0.15, 0.2) is 29.2 Å². The lowest BCUT2D eigenvalue weighted by Crippen LogP contribution is -2.07. The first-order valence-corrected chi connectivity index (χ1v) is 9.33. The third kappa shape index (κ3) is 8.45. The van der Waals surface area contributed by atoms with Gasteiger partial charge < -0.3 is 9.79 Å². The summed E-state index contributed by atoms with van der Waals surface area (Å²) in [6.07, 6.45) is 1.49. The maximum absolute atomic E-state index is 11.4. The molecule has 0 amide bonds. The van der Waals surface area contributed by atoms with E-state index in [1.165, 1.54) is 25.0 Å². The molecule has 2 N–H and O–H groups in total. The average Bonchev–Trinajstić information content (AvgIpc) is 2.37. The maximum Gasteiger partial charge on any atom is 0.352 e. The fourth-order valence-corrected chi connectivity index (χ4v) is 2.62. The largest absolute Gasteiger partial charge is 0.352 e. The fraction of sp³-hybridized carbons (Fsp3) is 0.500. The lowest BCUT2D eigenvalue weighted by atomic mass is 10.2. The third-order valence-electron chi connectivity index (χ3n) is 2.19. The lowest BCUT2D eigenvalue weighted by Gasteiger charge is -2.06. The van der Waals surface area contributed by atoms with Crippen molar-refractivity contribution in [1.82, 2.24) is 0 Å². The number of rotatable bonds is 5. The fourth-order valence-electron chi connectivity index (χ4n) is 0.911. The molecule has 6 nitrogen and oxygen atoms in total. The SMILES string of the molecule is CCCC.Cc1ccc(S(=O)(=O)OCP(=O)(O)O)cc1. The zero-order chi connectivity index (χ0) is 15.8. The van der Waals surface area contributed by atoms with Crippen molar-refractivity contribution in [3.63, 3.8) is 0 Å². The van der Waals surface area contributed by atoms with E-state index >= 15 is 0 Å². The molecule has 0 aromatic heterocycles. The summed E-state index contributed by atoms with van der Waals surface area (Å²) in [4.78, 5) is 16.9. The first-order chi connectivity index (χ1) is 9.12. The normalized spacial score (nSPS) is 11.7. The molecule has 1 aromatic carbocycles. The predicted molar refractivity (Wildman–Crippen MR) is 76.9 cm³/mol. The Kier molecular flexibility index (Phi) is 8.23. The van der Waals surface area contributed by atoms with E-state index in [4.69, 9.17) is 9.79 Å². The van der Waals surface area contributed by atoms with E-state index in [0.29, 0.717) is 0 Å². The van der Waals surface area contributed by atoms with Gasteiger partial charge in [0, 0.05) is 0 Å². The molecule has 0 heterocycles. The Morgan fingerprint density at radius 3 is 1.90 bits per heavy atom. The van der Waals surface area contributed by atoms with Crippen LogP contribution in [-0.2, 0) is 18.9 Å². The van der Waals surface area contributed by atoms with Crippen LogP contribution < -0.4 is 0 Å². The Balaban J connectivity index is 0.000000796. The highest BCUT2D eigenvalue weighted by molar-refractivity contribution is 7.87. The van der Waals surface area contributed by atoms with Crippen LogP contribution in [0.5, 0.6) is 0 Å². The van der Waals surface area contributed by atoms with Gasteiger partial charge in [-0.25, -0.2) is 0 Å². The summed E-state index contributed by atoms with van der Waals surface area (Å²) < 4.78 is 37.5. The molecule has 0 fully saturated rings. The highest BCUT2D eigenvalue weighted by Gasteiger charge is 2.21. The minimum absolute atomic E-state index is 0.133. The highest BCUT2D eigenvalue weighted by atomic mass is 32.2. The first kappa shape index (κ1) is 19.3. The Labute approximate surface area is 120 Å². The lowest BCUT2D eigenvalue weighted by molar-refractivity contribution is 0.301. The van der Waals surface area contributed by atoms with E-state index in [0.717, 1.165) is 5.56 Å². The van der Waals surface area contributed by atoms with Crippen molar-refractivity contribution < 1.29 is 27.0 Å². The molecule has 1 aromatic rings. The molecule has 0 bridgehead atoms. The zero-order valence-corrected chi connectivity index (χ0v) is 13.5. The topological polar surface area (TPSA) is 101 Å². The quantitative estimate of drug-likeness (QED) is 0.638. The number of hydrogen-bond donors (Lipinski definition) is 2. The summed E-state index contributed by atoms with van der Waals surface area (Å²) in [7, 11) is -8.60. The molecular weight excluding hydrogens is 303 g/mol. The molecule has 0 saturated heterocycles. The van der Waals surface area contributed by atoms with Crippen molar-refractivity contribution in [3.8, 4) is 0 Å². The van der Waals surface area contributed by atoms with Crippen LogP contribution in [0.3, 0.4) is 0 Å². The Bertz CT molecular complexity index is 530. The summed E-state index contributed by atoms with van der Waals surface area (Å²) in [6, 6.07) is 5.75. The summed E-state index contributed by atoms with van der Waals surface area (Å²) in [6.45, 7) is 6.15. The van der Waals surface area contributed by atoms with Crippen LogP contribution in [0.4, 0.5) is 0 Å². The second kappa shape index (κ2) is 8.54. The molecule has 20 heavy (non-hydrogen) atoms. The van der Waals surface area contributed by atoms with Crippen LogP contribution in [0, 0.1) is 6.92 Å². The molecule has 0 radical (unpaired) electrons. The van der Waals surface area contributed by atoms with Gasteiger partial charge in [0.1, 0.15) is 0 Å². The van der Waals surface area contributed by atoms with Crippen molar-refractivity contribution in [1.29, 1.82) is 0 Å². The van der Waals surface area contributed by atoms with Crippen LogP contribution in [-0.4, -0.2) is 24.6 Å². The number of benzene rings is 1. The van der Waals surface area contributed by atoms with Gasteiger partial charge in [-0.3, -0.25) is 8.75 Å². The molecule has 0 spiro atoms. The van der Waals surface area contributed by atoms with Gasteiger partial charge >= 0.3 is 7.60 Å². The van der Waals surface area contributed by atoms with Gasteiger partial charge in [0.05, 0.1) is 4.90 Å². The van der Waals surface area contributed by atoms with Crippen molar-refractivity contribution in [2.24, 2.45) is 0 Å². The predicted octanol–water partition coefficient (Wildman–Crippen LogP) is 2.64. The Hall–Kier alpha value is -0.720. The highest BCUT2D eigenvalue weighted by Crippen LogP contribution is 2.35. The van der Waals surface area contributed by atoms with Crippen molar-refractivity contribution in [3.05, 3.63) is 29.8 Å². The minimum atomic E-state index is -4.49. The molecule has 0 aliphatic rings. The van der Waals surface area contributed by atoms with Gasteiger partial charge in [-0.1, -0.05) is 44.4 Å². The smallest absolute Gasteiger partial charge is 0.323 e. The molecule has 0 atom stereocenters. The Morgan fingerprint density at radius 2 is 1.55 bits per heavy atom. The number of unbranched alkanes of at least 4 members (excludes halogenated alkanes) is 1. The molecule has 8 heteroatoms. The summed E-state index contributed by atoms with van der Waals surface area (Å²) in [5.74, 6) is 0. The van der Waals surface area contributed by atoms with Gasteiger partial charge in [0.15, 0.2) is 6.35 Å². The summed E-state index contributed by atoms with van der Waals surface area (Å²) in [5, 5.41) is 0. The summed E-state index contributed by atoms with van der Waals surface area (Å²) >= 11 is 0. The average molecular weight is 324 g/mol. The monoisotopic (exact) mass is 324 g/mol. The van der Waals surface area contributed by atoms with E-state index in [-0.39, 0.29) is 4.90 Å². The molecule has 0 aliphatic heterocycles. The first-order valence-electron chi connectivity index (χ1n) is 6.13. The van der Waals surface area contributed by atoms with Crippen LogP contribution in [0.1, 0.15) is 32.3 Å². The van der Waals surface area contributed by atoms with Crippen molar-refractivity contribution in [2.45, 2.75) is 38.5 Å². The summed E-state index contributed by atoms with van der Waals surface area (Å²) in [5.41, 5.74) is 0.869. The van der Waals surface area contributed by atoms with E-state index in [1.54, 1.807) is 19.1 Å². The number of aryl methyl sites for hydroxylation is 1. The maximum atomic E-state index is 11.4. The molecule has 0 saturated carbocycles. The minimum Gasteiger partial charge on any atom is -0.323 e. The standard InChI is InChI=1S/C8H11O6PS.C4H10/c1-7-2-4-8(5-3-7)16(12,13)14-6-15(9,10)11;1-3-4-2/h2-5H,6H2,1H3,(H2,9,10,11);3-4H2,1-2H3. The number of hydrogen-bond acceptors (Lipinski definition) is 4. The van der Waals surface area contributed by atoms with Crippen LogP contribution in [0.25, 0.3) is 0 Å². The molecule has 1 rings (SSSR count). The van der Waals surface area contributed by atoms with Crippen LogP contribution in [0.2, 0.25) is 0 Å². The van der Waals surface area contributed by atoms with Crippen LogP contribution >= 0.6 is 7.60 Å². The second-order valence-corrected chi connectivity index (χ2v) is 7.38. The van der Waals surface area contributed by atoms with Gasteiger partial charge in [0.2, 0.25) is 0 Å².